The molecule has 2 aromatic carbocycles. The van der Waals surface area contributed by atoms with Crippen LogP contribution >= 0.6 is 11.6 Å². The molecule has 1 N–H and O–H groups in total. The molecule has 0 aromatic heterocycles. The molecular formula is C17H12ClFN2O5. The van der Waals surface area contributed by atoms with Crippen molar-refractivity contribution in [1.29, 1.82) is 0 Å². The van der Waals surface area contributed by atoms with Crippen molar-refractivity contribution in [3.05, 3.63) is 75.1 Å². The molecule has 0 bridgehead atoms. The zero-order valence-electron chi connectivity index (χ0n) is 13.1. The number of amides is 1. The number of nitro groups is 1. The van der Waals surface area contributed by atoms with Gasteiger partial charge >= 0.3 is 5.97 Å². The van der Waals surface area contributed by atoms with E-state index in [1.165, 1.54) is 36.4 Å². The fraction of sp³-hybridized carbons (Fsp3) is 0.0588. The Bertz CT molecular complexity index is 885. The Hall–Kier alpha value is -3.26. The van der Waals surface area contributed by atoms with Crippen LogP contribution in [0.15, 0.2) is 48.5 Å². The van der Waals surface area contributed by atoms with E-state index in [0.29, 0.717) is 5.56 Å². The number of esters is 1. The van der Waals surface area contributed by atoms with Gasteiger partial charge in [-0.25, -0.2) is 9.18 Å². The lowest BCUT2D eigenvalue weighted by molar-refractivity contribution is -0.384. The summed E-state index contributed by atoms with van der Waals surface area (Å²) >= 11 is 5.84. The number of hydrogen-bond acceptors (Lipinski definition) is 5. The van der Waals surface area contributed by atoms with Gasteiger partial charge in [-0.3, -0.25) is 14.9 Å². The monoisotopic (exact) mass is 378 g/mol. The normalized spacial score (nSPS) is 10.5. The van der Waals surface area contributed by atoms with Crippen molar-refractivity contribution in [2.24, 2.45) is 0 Å². The topological polar surface area (TPSA) is 98.5 Å². The highest BCUT2D eigenvalue weighted by Gasteiger charge is 2.12. The minimum absolute atomic E-state index is 0.0233. The number of nitrogens with zero attached hydrogens (tertiary/aromatic N) is 1. The van der Waals surface area contributed by atoms with E-state index < -0.39 is 29.2 Å². The Morgan fingerprint density at radius 3 is 2.69 bits per heavy atom. The van der Waals surface area contributed by atoms with Crippen LogP contribution in [0.25, 0.3) is 6.08 Å². The molecule has 0 aliphatic carbocycles. The van der Waals surface area contributed by atoms with Crippen LogP contribution in [0.4, 0.5) is 15.8 Å². The number of nitrogens with one attached hydrogen (secondary N) is 1. The largest absolute Gasteiger partial charge is 0.452 e. The third-order valence-electron chi connectivity index (χ3n) is 3.04. The van der Waals surface area contributed by atoms with E-state index in [1.54, 1.807) is 6.07 Å². The van der Waals surface area contributed by atoms with Gasteiger partial charge in [-0.15, -0.1) is 0 Å². The van der Waals surface area contributed by atoms with Crippen LogP contribution in [0.3, 0.4) is 0 Å². The lowest BCUT2D eigenvalue weighted by atomic mass is 10.2. The van der Waals surface area contributed by atoms with E-state index in [4.69, 9.17) is 16.3 Å². The Morgan fingerprint density at radius 1 is 1.27 bits per heavy atom. The summed E-state index contributed by atoms with van der Waals surface area (Å²) in [5, 5.41) is 13.0. The molecule has 0 saturated carbocycles. The molecule has 0 spiro atoms. The van der Waals surface area contributed by atoms with Crippen molar-refractivity contribution in [2.45, 2.75) is 0 Å². The smallest absolute Gasteiger partial charge is 0.331 e. The van der Waals surface area contributed by atoms with Gasteiger partial charge in [-0.2, -0.15) is 0 Å². The molecule has 134 valence electrons. The summed E-state index contributed by atoms with van der Waals surface area (Å²) in [6, 6.07) is 9.11. The molecule has 1 amide bonds. The van der Waals surface area contributed by atoms with Gasteiger partial charge in [0.05, 0.1) is 15.6 Å². The lowest BCUT2D eigenvalue weighted by Crippen LogP contribution is -2.20. The van der Waals surface area contributed by atoms with E-state index in [0.717, 1.165) is 12.1 Å². The maximum atomic E-state index is 13.0. The summed E-state index contributed by atoms with van der Waals surface area (Å²) in [7, 11) is 0. The van der Waals surface area contributed by atoms with Gasteiger partial charge in [0, 0.05) is 18.2 Å². The second-order valence-corrected chi connectivity index (χ2v) is 5.37. The van der Waals surface area contributed by atoms with Gasteiger partial charge in [-0.1, -0.05) is 23.7 Å². The number of halogens is 2. The molecule has 0 atom stereocenters. The minimum atomic E-state index is -0.792. The van der Waals surface area contributed by atoms with Crippen LogP contribution in [0.1, 0.15) is 5.56 Å². The van der Waals surface area contributed by atoms with E-state index in [1.807, 2.05) is 0 Å². The summed E-state index contributed by atoms with van der Waals surface area (Å²) < 4.78 is 17.8. The van der Waals surface area contributed by atoms with Crippen molar-refractivity contribution in [3.63, 3.8) is 0 Å². The summed E-state index contributed by atoms with van der Waals surface area (Å²) in [6.45, 7) is -0.584. The first kappa shape index (κ1) is 19.1. The van der Waals surface area contributed by atoms with Crippen LogP contribution in [-0.2, 0) is 14.3 Å². The Morgan fingerprint density at radius 2 is 2.04 bits per heavy atom. The van der Waals surface area contributed by atoms with Gasteiger partial charge < -0.3 is 10.1 Å². The summed E-state index contributed by atoms with van der Waals surface area (Å²) in [6.07, 6.45) is 2.40. The summed E-state index contributed by atoms with van der Waals surface area (Å²) in [5.41, 5.74) is 0.389. The predicted molar refractivity (Wildman–Crippen MR) is 93.1 cm³/mol. The summed E-state index contributed by atoms with van der Waals surface area (Å²) in [4.78, 5) is 33.3. The van der Waals surface area contributed by atoms with E-state index in [9.17, 15) is 24.1 Å². The quantitative estimate of drug-likeness (QED) is 0.358. The zero-order chi connectivity index (χ0) is 19.1. The first-order chi connectivity index (χ1) is 12.3. The van der Waals surface area contributed by atoms with Crippen LogP contribution in [-0.4, -0.2) is 23.4 Å². The number of hydrogen-bond donors (Lipinski definition) is 1. The molecule has 26 heavy (non-hydrogen) atoms. The zero-order valence-corrected chi connectivity index (χ0v) is 13.9. The SMILES string of the molecule is O=C(COC(=O)/C=C/c1cccc(F)c1)Nc1ccc([N+](=O)[O-])cc1Cl. The van der Waals surface area contributed by atoms with E-state index in [2.05, 4.69) is 5.32 Å². The highest BCUT2D eigenvalue weighted by molar-refractivity contribution is 6.34. The van der Waals surface area contributed by atoms with Crippen LogP contribution in [0.2, 0.25) is 5.02 Å². The van der Waals surface area contributed by atoms with Gasteiger partial charge in [0.2, 0.25) is 0 Å². The van der Waals surface area contributed by atoms with Crippen molar-refractivity contribution in [3.8, 4) is 0 Å². The fourth-order valence-electron chi connectivity index (χ4n) is 1.86. The molecule has 0 aliphatic heterocycles. The fourth-order valence-corrected chi connectivity index (χ4v) is 2.09. The number of carbonyl (C=O) groups is 2. The van der Waals surface area contributed by atoms with Gasteiger partial charge in [-0.05, 0) is 29.8 Å². The number of anilines is 1. The highest BCUT2D eigenvalue weighted by Crippen LogP contribution is 2.26. The second kappa shape index (κ2) is 8.72. The number of benzene rings is 2. The molecule has 9 heteroatoms. The van der Waals surface area contributed by atoms with Crippen LogP contribution in [0.5, 0.6) is 0 Å². The molecule has 2 rings (SSSR count). The van der Waals surface area contributed by atoms with Gasteiger partial charge in [0.25, 0.3) is 11.6 Å². The molecule has 2 aromatic rings. The van der Waals surface area contributed by atoms with Gasteiger partial charge in [0.15, 0.2) is 6.61 Å². The first-order valence-corrected chi connectivity index (χ1v) is 7.57. The third kappa shape index (κ3) is 5.67. The minimum Gasteiger partial charge on any atom is -0.452 e. The third-order valence-corrected chi connectivity index (χ3v) is 3.36. The number of nitro benzene ring substituents is 1. The maximum Gasteiger partial charge on any atom is 0.331 e. The maximum absolute atomic E-state index is 13.0. The molecule has 0 saturated heterocycles. The molecule has 0 unspecified atom stereocenters. The lowest BCUT2D eigenvalue weighted by Gasteiger charge is -2.07. The molecular weight excluding hydrogens is 367 g/mol. The van der Waals surface area contributed by atoms with Crippen molar-refractivity contribution in [2.75, 3.05) is 11.9 Å². The number of ether oxygens (including phenoxy) is 1. The average molecular weight is 379 g/mol. The van der Waals surface area contributed by atoms with Crippen molar-refractivity contribution >= 4 is 40.9 Å². The standard InChI is InChI=1S/C17H12ClFN2O5/c18-14-9-13(21(24)25)5-6-15(14)20-16(22)10-26-17(23)7-4-11-2-1-3-12(19)8-11/h1-9H,10H2,(H,20,22)/b7-4+. The second-order valence-electron chi connectivity index (χ2n) is 4.97. The van der Waals surface area contributed by atoms with Crippen molar-refractivity contribution in [1.82, 2.24) is 0 Å². The van der Waals surface area contributed by atoms with Gasteiger partial charge in [0.1, 0.15) is 5.82 Å². The first-order valence-electron chi connectivity index (χ1n) is 7.19. The number of non-ortho nitro benzene ring substituents is 1. The Balaban J connectivity index is 1.86. The predicted octanol–water partition coefficient (Wildman–Crippen LogP) is 3.58. The number of rotatable bonds is 6. The van der Waals surface area contributed by atoms with E-state index in [-0.39, 0.29) is 16.4 Å². The average Bonchev–Trinajstić information content (AvgIpc) is 2.60. The molecule has 0 fully saturated rings. The Labute approximate surface area is 152 Å². The molecule has 0 radical (unpaired) electrons. The van der Waals surface area contributed by atoms with Crippen LogP contribution < -0.4 is 5.32 Å². The molecule has 0 aliphatic rings. The summed E-state index contributed by atoms with van der Waals surface area (Å²) in [5.74, 6) is -1.91. The molecule has 7 nitrogen and oxygen atoms in total. The van der Waals surface area contributed by atoms with Crippen molar-refractivity contribution < 1.29 is 23.6 Å². The Kier molecular flexibility index (Phi) is 6.40. The number of carbonyl (C=O) groups excluding carboxylic acids is 2. The van der Waals surface area contributed by atoms with Crippen LogP contribution in [0, 0.1) is 15.9 Å². The highest BCUT2D eigenvalue weighted by atomic mass is 35.5. The molecule has 0 heterocycles. The van der Waals surface area contributed by atoms with E-state index >= 15 is 0 Å².